The summed E-state index contributed by atoms with van der Waals surface area (Å²) in [7, 11) is 0. The Bertz CT molecular complexity index is 2430. The van der Waals surface area contributed by atoms with E-state index in [1.54, 1.807) is 13.8 Å². The summed E-state index contributed by atoms with van der Waals surface area (Å²) < 4.78 is 40.0. The Morgan fingerprint density at radius 1 is 0.517 bits per heavy atom. The Hall–Kier alpha value is -3.26. The molecule has 0 amide bonds. The number of rotatable bonds is 18. The lowest BCUT2D eigenvalue weighted by molar-refractivity contribution is -0.225. The maximum atomic E-state index is 13.3. The standard InChI is InChI=1S/C29H44O5.C18H30O2.C16H26O3.C10H16O4/c1-4-27(2,3)25(30)34-24-22-8-21-9-23(24)15-29(13-21,14-22)26(31)33-17-32-16-28-10-18-5-19(11-28)7-20(6-18)12-28;1-5-17(3,4)16(19)20-18(6-2)14-8-12-7-13(10-14)11-15(18)9-12;1-4-14(2,3)13(17)19-16-8-11-5-12(9-16)7-15(18,6-11)10-16;1-4-10(2,3)9(12)14-7-5-6-13-8(7)11/h18-24H,4-17H2,1-3H3;12-15H,5-11H2,1-4H3;11-12,18H,4-10H2,1-3H3;7H,4-6H2,1-3H3. The van der Waals surface area contributed by atoms with Gasteiger partial charge in [-0.15, -0.1) is 0 Å². The smallest absolute Gasteiger partial charge is 0.347 e. The van der Waals surface area contributed by atoms with Crippen molar-refractivity contribution in [2.45, 2.75) is 299 Å². The fraction of sp³-hybridized carbons (Fsp3) is 0.918. The fourth-order valence-electron chi connectivity index (χ4n) is 20.8. The molecule has 5 unspecified atom stereocenters. The summed E-state index contributed by atoms with van der Waals surface area (Å²) in [6.45, 7) is 27.0. The van der Waals surface area contributed by atoms with E-state index in [4.69, 9.17) is 33.2 Å². The minimum atomic E-state index is -0.687. The van der Waals surface area contributed by atoms with Crippen LogP contribution in [-0.4, -0.2) is 89.9 Å². The SMILES string of the molecule is CCC(C)(C)C(=O)OC1(CC)C2CC3CC(C2)CC1C3.CCC(C)(C)C(=O)OC12CC3CC(CC(O)(C3)C1)C2.CCC(C)(C)C(=O)OC1C2CC3CC1CC(C(=O)OCOCC14CC5CC(CC(C5)C1)C4)(C3)C2.CCC(C)(C)C(=O)OC1CCOC1=O. The van der Waals surface area contributed by atoms with Gasteiger partial charge in [0.2, 0.25) is 6.10 Å². The van der Waals surface area contributed by atoms with Gasteiger partial charge in [0.15, 0.2) is 6.79 Å². The highest BCUT2D eigenvalue weighted by atomic mass is 16.7. The second-order valence-electron chi connectivity index (χ2n) is 34.5. The molecule has 5 atom stereocenters. The molecular formula is C73H116O14. The summed E-state index contributed by atoms with van der Waals surface area (Å²) in [6, 6.07) is 0. The summed E-state index contributed by atoms with van der Waals surface area (Å²) in [5.74, 6) is 7.19. The lowest BCUT2D eigenvalue weighted by Gasteiger charge is -2.60. The van der Waals surface area contributed by atoms with Gasteiger partial charge in [0.25, 0.3) is 0 Å². The van der Waals surface area contributed by atoms with Gasteiger partial charge in [0, 0.05) is 12.8 Å². The molecule has 16 aliphatic carbocycles. The average Bonchev–Trinajstić information content (AvgIpc) is 0.844. The number of hydrogen-bond acceptors (Lipinski definition) is 14. The van der Waals surface area contributed by atoms with Crippen LogP contribution in [0, 0.1) is 104 Å². The Morgan fingerprint density at radius 3 is 1.43 bits per heavy atom. The molecule has 17 rings (SSSR count). The van der Waals surface area contributed by atoms with E-state index in [1.165, 1.54) is 77.0 Å². The molecule has 0 aromatic heterocycles. The summed E-state index contributed by atoms with van der Waals surface area (Å²) in [4.78, 5) is 73.7. The molecule has 0 aromatic rings. The van der Waals surface area contributed by atoms with Crippen molar-refractivity contribution in [2.75, 3.05) is 20.0 Å². The van der Waals surface area contributed by atoms with E-state index in [0.29, 0.717) is 72.7 Å². The zero-order valence-electron chi connectivity index (χ0n) is 56.3. The molecule has 14 heteroatoms. The van der Waals surface area contributed by atoms with E-state index in [1.807, 2.05) is 62.3 Å². The first-order valence-electron chi connectivity index (χ1n) is 35.4. The molecule has 492 valence electrons. The largest absolute Gasteiger partial charge is 0.463 e. The monoisotopic (exact) mass is 1220 g/mol. The quantitative estimate of drug-likeness (QED) is 0.0591. The number of ether oxygens (including phenoxy) is 7. The van der Waals surface area contributed by atoms with E-state index in [2.05, 4.69) is 13.8 Å². The minimum Gasteiger partial charge on any atom is -0.463 e. The second-order valence-corrected chi connectivity index (χ2v) is 34.5. The number of esters is 6. The highest BCUT2D eigenvalue weighted by molar-refractivity contribution is 5.83. The van der Waals surface area contributed by atoms with Gasteiger partial charge in [-0.25, -0.2) is 4.79 Å². The molecule has 1 N–H and O–H groups in total. The van der Waals surface area contributed by atoms with Crippen molar-refractivity contribution in [3.8, 4) is 0 Å². The molecule has 16 bridgehead atoms. The second kappa shape index (κ2) is 25.0. The fourth-order valence-corrected chi connectivity index (χ4v) is 20.8. The van der Waals surface area contributed by atoms with Crippen LogP contribution in [0.4, 0.5) is 0 Å². The molecule has 1 aliphatic heterocycles. The maximum absolute atomic E-state index is 13.3. The normalized spacial score (nSPS) is 41.1. The molecule has 16 saturated carbocycles. The third-order valence-corrected chi connectivity index (χ3v) is 26.2. The molecule has 0 spiro atoms. The minimum absolute atomic E-state index is 0.0249. The van der Waals surface area contributed by atoms with Crippen molar-refractivity contribution in [2.24, 2.45) is 104 Å². The first-order chi connectivity index (χ1) is 40.8. The van der Waals surface area contributed by atoms with Crippen molar-refractivity contribution in [1.29, 1.82) is 0 Å². The van der Waals surface area contributed by atoms with Crippen LogP contribution in [0.3, 0.4) is 0 Å². The Labute approximate surface area is 523 Å². The third-order valence-electron chi connectivity index (χ3n) is 26.2. The van der Waals surface area contributed by atoms with Gasteiger partial charge in [0.1, 0.15) is 17.3 Å². The Kier molecular flexibility index (Phi) is 19.1. The van der Waals surface area contributed by atoms with Gasteiger partial charge in [-0.2, -0.15) is 0 Å². The van der Waals surface area contributed by atoms with E-state index in [9.17, 15) is 33.9 Å². The Balaban J connectivity index is 0.000000137. The van der Waals surface area contributed by atoms with Crippen LogP contribution in [0.15, 0.2) is 0 Å². The van der Waals surface area contributed by atoms with Crippen molar-refractivity contribution < 1.29 is 67.0 Å². The van der Waals surface area contributed by atoms with Gasteiger partial charge in [-0.05, 0) is 299 Å². The third kappa shape index (κ3) is 13.8. The van der Waals surface area contributed by atoms with E-state index < -0.39 is 33.9 Å². The number of hydrogen-bond donors (Lipinski definition) is 1. The lowest BCUT2D eigenvalue weighted by atomic mass is 9.48. The highest BCUT2D eigenvalue weighted by Crippen LogP contribution is 2.64. The summed E-state index contributed by atoms with van der Waals surface area (Å²) in [5, 5.41) is 10.6. The molecule has 0 aromatic carbocycles. The lowest BCUT2D eigenvalue weighted by Crippen LogP contribution is -2.61. The first kappa shape index (κ1) is 66.7. The summed E-state index contributed by atoms with van der Waals surface area (Å²) in [5.41, 5.74) is -2.79. The molecular weight excluding hydrogens is 1100 g/mol. The average molecular weight is 1220 g/mol. The van der Waals surface area contributed by atoms with E-state index >= 15 is 0 Å². The van der Waals surface area contributed by atoms with Crippen LogP contribution in [0.1, 0.15) is 270 Å². The first-order valence-corrected chi connectivity index (χ1v) is 35.4. The van der Waals surface area contributed by atoms with E-state index in [0.717, 1.165) is 120 Å². The zero-order valence-corrected chi connectivity index (χ0v) is 56.3. The molecule has 17 aliphatic rings. The molecule has 0 radical (unpaired) electrons. The predicted octanol–water partition coefficient (Wildman–Crippen LogP) is 14.8. The number of cyclic esters (lactones) is 1. The van der Waals surface area contributed by atoms with Gasteiger partial charge in [-0.1, -0.05) is 34.6 Å². The van der Waals surface area contributed by atoms with Crippen LogP contribution in [0.2, 0.25) is 0 Å². The molecule has 17 fully saturated rings. The van der Waals surface area contributed by atoms with Crippen LogP contribution in [0.5, 0.6) is 0 Å². The molecule has 1 heterocycles. The Morgan fingerprint density at radius 2 is 0.966 bits per heavy atom. The topological polar surface area (TPSA) is 187 Å². The van der Waals surface area contributed by atoms with Gasteiger partial charge in [0.05, 0.1) is 45.9 Å². The summed E-state index contributed by atoms with van der Waals surface area (Å²) >= 11 is 0. The van der Waals surface area contributed by atoms with Crippen LogP contribution in [0.25, 0.3) is 0 Å². The molecule has 1 saturated heterocycles. The zero-order chi connectivity index (χ0) is 62.9. The summed E-state index contributed by atoms with van der Waals surface area (Å²) in [6.07, 6.45) is 29.2. The number of aliphatic hydroxyl groups is 1. The van der Waals surface area contributed by atoms with Crippen molar-refractivity contribution in [3.63, 3.8) is 0 Å². The van der Waals surface area contributed by atoms with E-state index in [-0.39, 0.29) is 64.8 Å². The van der Waals surface area contributed by atoms with Crippen molar-refractivity contribution in [3.05, 3.63) is 0 Å². The van der Waals surface area contributed by atoms with Gasteiger partial charge >= 0.3 is 35.8 Å². The number of carbonyl (C=O) groups excluding carboxylic acids is 6. The van der Waals surface area contributed by atoms with Crippen LogP contribution >= 0.6 is 0 Å². The van der Waals surface area contributed by atoms with Gasteiger partial charge < -0.3 is 38.3 Å². The maximum Gasteiger partial charge on any atom is 0.347 e. The predicted molar refractivity (Wildman–Crippen MR) is 330 cm³/mol. The highest BCUT2D eigenvalue weighted by Gasteiger charge is 2.63. The van der Waals surface area contributed by atoms with Crippen LogP contribution < -0.4 is 0 Å². The molecule has 14 nitrogen and oxygen atoms in total. The molecule has 87 heavy (non-hydrogen) atoms. The van der Waals surface area contributed by atoms with Gasteiger partial charge in [-0.3, -0.25) is 24.0 Å². The van der Waals surface area contributed by atoms with Crippen LogP contribution in [-0.2, 0) is 61.9 Å². The number of carbonyl (C=O) groups is 6. The van der Waals surface area contributed by atoms with Crippen molar-refractivity contribution >= 4 is 35.8 Å². The van der Waals surface area contributed by atoms with Crippen molar-refractivity contribution in [1.82, 2.24) is 0 Å².